The summed E-state index contributed by atoms with van der Waals surface area (Å²) in [4.78, 5) is 0. The zero-order chi connectivity index (χ0) is 12.3. The van der Waals surface area contributed by atoms with E-state index in [9.17, 15) is 0 Å². The lowest BCUT2D eigenvalue weighted by Crippen LogP contribution is -2.05. The Morgan fingerprint density at radius 3 is 2.35 bits per heavy atom. The van der Waals surface area contributed by atoms with Crippen molar-refractivity contribution < 1.29 is 9.15 Å². The number of hydrogen-bond donors (Lipinski definition) is 1. The Morgan fingerprint density at radius 2 is 1.82 bits per heavy atom. The van der Waals surface area contributed by atoms with Gasteiger partial charge in [-0.05, 0) is 50.2 Å². The van der Waals surface area contributed by atoms with Crippen LogP contribution < -0.4 is 10.1 Å². The molecule has 0 fully saturated rings. The molecule has 0 unspecified atom stereocenters. The minimum Gasteiger partial charge on any atom is -0.497 e. The molecule has 2 rings (SSSR count). The lowest BCUT2D eigenvalue weighted by atomic mass is 10.2. The summed E-state index contributed by atoms with van der Waals surface area (Å²) < 4.78 is 10.7. The van der Waals surface area contributed by atoms with Crippen LogP contribution in [0.1, 0.15) is 24.5 Å². The van der Waals surface area contributed by atoms with Crippen molar-refractivity contribution in [2.75, 3.05) is 12.4 Å². The first-order valence-corrected chi connectivity index (χ1v) is 5.66. The molecule has 3 nitrogen and oxygen atoms in total. The van der Waals surface area contributed by atoms with Crippen molar-refractivity contribution in [3.8, 4) is 5.75 Å². The first kappa shape index (κ1) is 11.6. The van der Waals surface area contributed by atoms with E-state index in [1.54, 1.807) is 7.11 Å². The van der Waals surface area contributed by atoms with Gasteiger partial charge in [-0.25, -0.2) is 0 Å². The van der Waals surface area contributed by atoms with Crippen molar-refractivity contribution in [2.45, 2.75) is 19.9 Å². The monoisotopic (exact) mass is 231 g/mol. The molecule has 0 saturated carbocycles. The highest BCUT2D eigenvalue weighted by molar-refractivity contribution is 5.47. The normalized spacial score (nSPS) is 12.2. The van der Waals surface area contributed by atoms with E-state index in [0.717, 1.165) is 23.0 Å². The number of aryl methyl sites for hydroxylation is 1. The van der Waals surface area contributed by atoms with Crippen LogP contribution >= 0.6 is 0 Å². The van der Waals surface area contributed by atoms with Crippen LogP contribution in [0.4, 0.5) is 5.69 Å². The van der Waals surface area contributed by atoms with Crippen LogP contribution in [0, 0.1) is 6.92 Å². The molecule has 1 heterocycles. The summed E-state index contributed by atoms with van der Waals surface area (Å²) in [6.45, 7) is 4.02. The molecular formula is C14H17NO2. The molecule has 3 heteroatoms. The van der Waals surface area contributed by atoms with E-state index in [1.165, 1.54) is 0 Å². The Bertz CT molecular complexity index is 473. The minimum absolute atomic E-state index is 0.150. The zero-order valence-corrected chi connectivity index (χ0v) is 10.4. The number of rotatable bonds is 4. The number of benzene rings is 1. The van der Waals surface area contributed by atoms with E-state index in [-0.39, 0.29) is 6.04 Å². The summed E-state index contributed by atoms with van der Waals surface area (Å²) in [7, 11) is 1.66. The second kappa shape index (κ2) is 4.95. The van der Waals surface area contributed by atoms with Crippen molar-refractivity contribution in [2.24, 2.45) is 0 Å². The predicted molar refractivity (Wildman–Crippen MR) is 68.5 cm³/mol. The summed E-state index contributed by atoms with van der Waals surface area (Å²) in [5, 5.41) is 3.37. The fourth-order valence-corrected chi connectivity index (χ4v) is 1.69. The van der Waals surface area contributed by atoms with Gasteiger partial charge in [-0.1, -0.05) is 0 Å². The van der Waals surface area contributed by atoms with Crippen LogP contribution in [-0.4, -0.2) is 7.11 Å². The molecule has 2 aromatic rings. The Balaban J connectivity index is 2.04. The maximum absolute atomic E-state index is 5.58. The highest BCUT2D eigenvalue weighted by Crippen LogP contribution is 2.22. The Labute approximate surface area is 101 Å². The largest absolute Gasteiger partial charge is 0.497 e. The van der Waals surface area contributed by atoms with Gasteiger partial charge in [-0.15, -0.1) is 0 Å². The Morgan fingerprint density at radius 1 is 1.12 bits per heavy atom. The molecule has 17 heavy (non-hydrogen) atoms. The average molecular weight is 231 g/mol. The van der Waals surface area contributed by atoms with Gasteiger partial charge in [0.05, 0.1) is 13.2 Å². The SMILES string of the molecule is COc1ccc(N[C@@H](C)c2ccc(C)o2)cc1. The van der Waals surface area contributed by atoms with E-state index < -0.39 is 0 Å². The topological polar surface area (TPSA) is 34.4 Å². The van der Waals surface area contributed by atoms with Crippen LogP contribution in [0.5, 0.6) is 5.75 Å². The molecule has 1 aromatic heterocycles. The number of nitrogens with one attached hydrogen (secondary N) is 1. The number of furan rings is 1. The summed E-state index contributed by atoms with van der Waals surface area (Å²) in [5.74, 6) is 2.73. The van der Waals surface area contributed by atoms with Crippen molar-refractivity contribution in [1.29, 1.82) is 0 Å². The third-order valence-corrected chi connectivity index (χ3v) is 2.66. The molecule has 0 amide bonds. The van der Waals surface area contributed by atoms with Gasteiger partial charge < -0.3 is 14.5 Å². The lowest BCUT2D eigenvalue weighted by molar-refractivity contribution is 0.415. The molecule has 0 saturated heterocycles. The summed E-state index contributed by atoms with van der Waals surface area (Å²) in [5.41, 5.74) is 1.05. The van der Waals surface area contributed by atoms with Gasteiger partial charge in [-0.3, -0.25) is 0 Å². The van der Waals surface area contributed by atoms with Crippen LogP contribution in [0.3, 0.4) is 0 Å². The maximum Gasteiger partial charge on any atom is 0.126 e. The van der Waals surface area contributed by atoms with Gasteiger partial charge in [-0.2, -0.15) is 0 Å². The molecule has 1 aromatic carbocycles. The molecule has 1 atom stereocenters. The van der Waals surface area contributed by atoms with E-state index >= 15 is 0 Å². The minimum atomic E-state index is 0.150. The van der Waals surface area contributed by atoms with Gasteiger partial charge in [0.25, 0.3) is 0 Å². The van der Waals surface area contributed by atoms with Crippen LogP contribution in [0.15, 0.2) is 40.8 Å². The summed E-state index contributed by atoms with van der Waals surface area (Å²) >= 11 is 0. The van der Waals surface area contributed by atoms with Crippen LogP contribution in [0.2, 0.25) is 0 Å². The molecule has 0 spiro atoms. The summed E-state index contributed by atoms with van der Waals surface area (Å²) in [6, 6.07) is 12.0. The molecule has 0 aliphatic heterocycles. The Hall–Kier alpha value is -1.90. The highest BCUT2D eigenvalue weighted by Gasteiger charge is 2.08. The van der Waals surface area contributed by atoms with E-state index in [0.29, 0.717) is 0 Å². The second-order valence-electron chi connectivity index (χ2n) is 4.04. The quantitative estimate of drug-likeness (QED) is 0.869. The molecule has 0 radical (unpaired) electrons. The first-order valence-electron chi connectivity index (χ1n) is 5.66. The molecule has 0 aliphatic rings. The Kier molecular flexibility index (Phi) is 3.38. The van der Waals surface area contributed by atoms with E-state index in [4.69, 9.17) is 9.15 Å². The van der Waals surface area contributed by atoms with Crippen molar-refractivity contribution in [1.82, 2.24) is 0 Å². The van der Waals surface area contributed by atoms with Crippen LogP contribution in [-0.2, 0) is 0 Å². The molecular weight excluding hydrogens is 214 g/mol. The van der Waals surface area contributed by atoms with Crippen molar-refractivity contribution in [3.63, 3.8) is 0 Å². The number of anilines is 1. The van der Waals surface area contributed by atoms with Crippen molar-refractivity contribution >= 4 is 5.69 Å². The predicted octanol–water partition coefficient (Wildman–Crippen LogP) is 3.77. The molecule has 1 N–H and O–H groups in total. The zero-order valence-electron chi connectivity index (χ0n) is 10.4. The molecule has 90 valence electrons. The first-order chi connectivity index (χ1) is 8.19. The third kappa shape index (κ3) is 2.81. The third-order valence-electron chi connectivity index (χ3n) is 2.66. The lowest BCUT2D eigenvalue weighted by Gasteiger charge is -2.13. The second-order valence-corrected chi connectivity index (χ2v) is 4.04. The molecule has 0 aliphatic carbocycles. The van der Waals surface area contributed by atoms with Crippen molar-refractivity contribution in [3.05, 3.63) is 47.9 Å². The van der Waals surface area contributed by atoms with E-state index in [1.807, 2.05) is 43.3 Å². The number of ether oxygens (including phenoxy) is 1. The van der Waals surface area contributed by atoms with Gasteiger partial charge in [0, 0.05) is 5.69 Å². The van der Waals surface area contributed by atoms with Gasteiger partial charge >= 0.3 is 0 Å². The fraction of sp³-hybridized carbons (Fsp3) is 0.286. The standard InChI is InChI=1S/C14H17NO2/c1-10-4-9-14(17-10)11(2)15-12-5-7-13(16-3)8-6-12/h4-9,11,15H,1-3H3/t11-/m0/s1. The number of hydrogen-bond acceptors (Lipinski definition) is 3. The van der Waals surface area contributed by atoms with Gasteiger partial charge in [0.15, 0.2) is 0 Å². The van der Waals surface area contributed by atoms with E-state index in [2.05, 4.69) is 12.2 Å². The van der Waals surface area contributed by atoms with Gasteiger partial charge in [0.1, 0.15) is 17.3 Å². The smallest absolute Gasteiger partial charge is 0.126 e. The van der Waals surface area contributed by atoms with Crippen LogP contribution in [0.25, 0.3) is 0 Å². The molecule has 0 bridgehead atoms. The highest BCUT2D eigenvalue weighted by atomic mass is 16.5. The fourth-order valence-electron chi connectivity index (χ4n) is 1.69. The summed E-state index contributed by atoms with van der Waals surface area (Å²) in [6.07, 6.45) is 0. The number of methoxy groups -OCH3 is 1. The average Bonchev–Trinajstić information content (AvgIpc) is 2.77. The maximum atomic E-state index is 5.58. The van der Waals surface area contributed by atoms with Gasteiger partial charge in [0.2, 0.25) is 0 Å².